The third-order valence-corrected chi connectivity index (χ3v) is 4.96. The maximum atomic E-state index is 12.7. The van der Waals surface area contributed by atoms with E-state index < -0.39 is 0 Å². The number of hydrogen-bond acceptors (Lipinski definition) is 2. The minimum Gasteiger partial charge on any atom is -0.294 e. The van der Waals surface area contributed by atoms with Crippen LogP contribution in [0.2, 0.25) is 0 Å². The monoisotopic (exact) mass is 281 g/mol. The molecule has 1 aliphatic rings. The van der Waals surface area contributed by atoms with Crippen molar-refractivity contribution in [2.75, 3.05) is 0 Å². The summed E-state index contributed by atoms with van der Waals surface area (Å²) in [7, 11) is 0. The number of aromatic nitrogens is 1. The van der Waals surface area contributed by atoms with Gasteiger partial charge in [-0.05, 0) is 49.7 Å². The van der Waals surface area contributed by atoms with Crippen molar-refractivity contribution < 1.29 is 4.79 Å². The molecule has 0 spiro atoms. The van der Waals surface area contributed by atoms with Gasteiger partial charge in [-0.3, -0.25) is 9.78 Å². The maximum absolute atomic E-state index is 12.7. The molecule has 0 aliphatic heterocycles. The van der Waals surface area contributed by atoms with Gasteiger partial charge in [-0.25, -0.2) is 0 Å². The van der Waals surface area contributed by atoms with Crippen molar-refractivity contribution in [2.45, 2.75) is 39.5 Å². The van der Waals surface area contributed by atoms with E-state index in [4.69, 9.17) is 0 Å². The molecule has 0 N–H and O–H groups in total. The third-order valence-electron chi connectivity index (χ3n) is 4.96. The van der Waals surface area contributed by atoms with E-state index in [0.717, 1.165) is 41.1 Å². The molecule has 1 heterocycles. The predicted octanol–water partition coefficient (Wildman–Crippen LogP) is 4.88. The molecule has 0 bridgehead atoms. The molecule has 2 aromatic rings. The first-order valence-corrected chi connectivity index (χ1v) is 8.04. The molecule has 0 atom stereocenters. The van der Waals surface area contributed by atoms with Crippen LogP contribution in [-0.2, 0) is 0 Å². The van der Waals surface area contributed by atoms with Crippen LogP contribution in [0.25, 0.3) is 10.9 Å². The average molecular weight is 281 g/mol. The molecular weight excluding hydrogens is 258 g/mol. The van der Waals surface area contributed by atoms with E-state index in [1.54, 1.807) is 6.20 Å². The Morgan fingerprint density at radius 1 is 1.14 bits per heavy atom. The first-order chi connectivity index (χ1) is 10.1. The zero-order valence-corrected chi connectivity index (χ0v) is 12.9. The molecular formula is C19H23NO. The summed E-state index contributed by atoms with van der Waals surface area (Å²) in [4.78, 5) is 17.1. The van der Waals surface area contributed by atoms with Crippen LogP contribution >= 0.6 is 0 Å². The van der Waals surface area contributed by atoms with Crippen molar-refractivity contribution in [1.29, 1.82) is 0 Å². The van der Waals surface area contributed by atoms with Crippen molar-refractivity contribution in [3.8, 4) is 0 Å². The van der Waals surface area contributed by atoms with Crippen LogP contribution in [0.1, 0.15) is 49.9 Å². The lowest BCUT2D eigenvalue weighted by Crippen LogP contribution is -2.24. The van der Waals surface area contributed by atoms with Crippen LogP contribution in [0.3, 0.4) is 0 Å². The minimum absolute atomic E-state index is 0.197. The number of carbonyl (C=O) groups excluding carboxylic acids is 1. The molecule has 0 saturated heterocycles. The lowest BCUT2D eigenvalue weighted by molar-refractivity contribution is 0.0859. The number of hydrogen-bond donors (Lipinski definition) is 0. The highest BCUT2D eigenvalue weighted by molar-refractivity contribution is 6.00. The zero-order valence-electron chi connectivity index (χ0n) is 12.9. The van der Waals surface area contributed by atoms with Crippen LogP contribution in [0.5, 0.6) is 0 Å². The zero-order chi connectivity index (χ0) is 14.8. The number of nitrogens with zero attached hydrogens (tertiary/aromatic N) is 1. The highest BCUT2D eigenvalue weighted by atomic mass is 16.1. The lowest BCUT2D eigenvalue weighted by Gasteiger charge is -2.30. The Bertz CT molecular complexity index is 639. The molecule has 1 aliphatic carbocycles. The van der Waals surface area contributed by atoms with Crippen molar-refractivity contribution >= 4 is 16.7 Å². The summed E-state index contributed by atoms with van der Waals surface area (Å²) in [5.41, 5.74) is 1.74. The molecule has 2 heteroatoms. The van der Waals surface area contributed by atoms with Gasteiger partial charge in [0.25, 0.3) is 0 Å². The van der Waals surface area contributed by atoms with Gasteiger partial charge in [0.15, 0.2) is 5.78 Å². The minimum atomic E-state index is 0.197. The van der Waals surface area contributed by atoms with E-state index in [-0.39, 0.29) is 11.7 Å². The van der Waals surface area contributed by atoms with E-state index in [2.05, 4.69) is 18.8 Å². The van der Waals surface area contributed by atoms with Crippen LogP contribution in [0.15, 0.2) is 36.5 Å². The Morgan fingerprint density at radius 3 is 2.57 bits per heavy atom. The fourth-order valence-electron chi connectivity index (χ4n) is 3.49. The van der Waals surface area contributed by atoms with E-state index >= 15 is 0 Å². The van der Waals surface area contributed by atoms with Gasteiger partial charge in [-0.1, -0.05) is 32.0 Å². The number of para-hydroxylation sites is 1. The standard InChI is InChI=1S/C19H23NO/c1-13(2)14-7-9-15(10-8-14)19(21)17-11-16-5-3-4-6-18(16)20-12-17/h3-6,11-15H,7-10H2,1-2H3. The summed E-state index contributed by atoms with van der Waals surface area (Å²) in [5.74, 6) is 2.02. The summed E-state index contributed by atoms with van der Waals surface area (Å²) >= 11 is 0. The lowest BCUT2D eigenvalue weighted by atomic mass is 9.75. The van der Waals surface area contributed by atoms with E-state index in [0.29, 0.717) is 0 Å². The van der Waals surface area contributed by atoms with Crippen LogP contribution in [0, 0.1) is 17.8 Å². The van der Waals surface area contributed by atoms with Crippen LogP contribution in [-0.4, -0.2) is 10.8 Å². The molecule has 0 amide bonds. The molecule has 0 radical (unpaired) electrons. The van der Waals surface area contributed by atoms with Crippen molar-refractivity contribution in [1.82, 2.24) is 4.98 Å². The molecule has 2 nitrogen and oxygen atoms in total. The van der Waals surface area contributed by atoms with Gasteiger partial charge in [0.1, 0.15) is 0 Å². The van der Waals surface area contributed by atoms with E-state index in [1.807, 2.05) is 30.3 Å². The fraction of sp³-hybridized carbons (Fsp3) is 0.474. The Morgan fingerprint density at radius 2 is 1.86 bits per heavy atom. The third kappa shape index (κ3) is 2.99. The Balaban J connectivity index is 1.75. The number of carbonyl (C=O) groups is 1. The maximum Gasteiger partial charge on any atom is 0.167 e. The van der Waals surface area contributed by atoms with E-state index in [1.165, 1.54) is 12.8 Å². The quantitative estimate of drug-likeness (QED) is 0.750. The molecule has 0 unspecified atom stereocenters. The number of ketones is 1. The molecule has 3 rings (SSSR count). The summed E-state index contributed by atoms with van der Waals surface area (Å²) < 4.78 is 0. The fourth-order valence-corrected chi connectivity index (χ4v) is 3.49. The molecule has 21 heavy (non-hydrogen) atoms. The number of Topliss-reactive ketones (excluding diaryl/α,β-unsaturated/α-hetero) is 1. The topological polar surface area (TPSA) is 30.0 Å². The molecule has 1 saturated carbocycles. The van der Waals surface area contributed by atoms with Gasteiger partial charge in [-0.2, -0.15) is 0 Å². The summed E-state index contributed by atoms with van der Waals surface area (Å²) in [6, 6.07) is 9.97. The van der Waals surface area contributed by atoms with Crippen molar-refractivity contribution in [2.24, 2.45) is 17.8 Å². The Hall–Kier alpha value is -1.70. The SMILES string of the molecule is CC(C)C1CCC(C(=O)c2cnc3ccccc3c2)CC1. The second kappa shape index (κ2) is 5.97. The van der Waals surface area contributed by atoms with Crippen molar-refractivity contribution in [3.05, 3.63) is 42.1 Å². The van der Waals surface area contributed by atoms with Gasteiger partial charge >= 0.3 is 0 Å². The van der Waals surface area contributed by atoms with Gasteiger partial charge < -0.3 is 0 Å². The van der Waals surface area contributed by atoms with Gasteiger partial charge in [0.05, 0.1) is 5.52 Å². The highest BCUT2D eigenvalue weighted by Gasteiger charge is 2.28. The Kier molecular flexibility index (Phi) is 4.05. The largest absolute Gasteiger partial charge is 0.294 e. The Labute approximate surface area is 126 Å². The van der Waals surface area contributed by atoms with Crippen LogP contribution < -0.4 is 0 Å². The number of rotatable bonds is 3. The molecule has 1 fully saturated rings. The van der Waals surface area contributed by atoms with Crippen molar-refractivity contribution in [3.63, 3.8) is 0 Å². The van der Waals surface area contributed by atoms with Gasteiger partial charge in [0.2, 0.25) is 0 Å². The van der Waals surface area contributed by atoms with Crippen LogP contribution in [0.4, 0.5) is 0 Å². The average Bonchev–Trinajstić information content (AvgIpc) is 2.54. The summed E-state index contributed by atoms with van der Waals surface area (Å²) in [6.45, 7) is 4.58. The predicted molar refractivity (Wildman–Crippen MR) is 86.4 cm³/mol. The highest BCUT2D eigenvalue weighted by Crippen LogP contribution is 2.34. The number of benzene rings is 1. The smallest absolute Gasteiger partial charge is 0.167 e. The van der Waals surface area contributed by atoms with Gasteiger partial charge in [-0.15, -0.1) is 0 Å². The first-order valence-electron chi connectivity index (χ1n) is 8.04. The first kappa shape index (κ1) is 14.2. The number of pyridine rings is 1. The summed E-state index contributed by atoms with van der Waals surface area (Å²) in [5, 5.41) is 1.05. The molecule has 110 valence electrons. The number of fused-ring (bicyclic) bond motifs is 1. The summed E-state index contributed by atoms with van der Waals surface area (Å²) in [6.07, 6.45) is 6.20. The normalized spacial score (nSPS) is 22.6. The molecule has 1 aromatic carbocycles. The molecule has 1 aromatic heterocycles. The van der Waals surface area contributed by atoms with E-state index in [9.17, 15) is 4.79 Å². The van der Waals surface area contributed by atoms with Gasteiger partial charge in [0, 0.05) is 23.1 Å². The second-order valence-electron chi connectivity index (χ2n) is 6.64. The second-order valence-corrected chi connectivity index (χ2v) is 6.64.